The van der Waals surface area contributed by atoms with Crippen molar-refractivity contribution in [3.05, 3.63) is 0 Å². The van der Waals surface area contributed by atoms with Crippen LogP contribution < -0.4 is 0 Å². The minimum atomic E-state index is -1.41. The highest BCUT2D eigenvalue weighted by molar-refractivity contribution is 4.82. The molecule has 1 aliphatic rings. The van der Waals surface area contributed by atoms with E-state index in [9.17, 15) is 10.2 Å². The molecule has 16 heavy (non-hydrogen) atoms. The molecule has 1 saturated heterocycles. The van der Waals surface area contributed by atoms with Gasteiger partial charge in [0.15, 0.2) is 6.29 Å². The van der Waals surface area contributed by atoms with Crippen LogP contribution in [-0.4, -0.2) is 76.1 Å². The lowest BCUT2D eigenvalue weighted by molar-refractivity contribution is -0.262. The largest absolute Gasteiger partial charge is 0.394 e. The second kappa shape index (κ2) is 6.45. The Labute approximate surface area is 94.3 Å². The minimum Gasteiger partial charge on any atom is -0.394 e. The van der Waals surface area contributed by atoms with Gasteiger partial charge in [-0.2, -0.15) is 0 Å². The highest BCUT2D eigenvalue weighted by Crippen LogP contribution is 2.21. The molecule has 1 rings (SSSR count). The van der Waals surface area contributed by atoms with Crippen molar-refractivity contribution in [1.29, 1.82) is 0 Å². The summed E-state index contributed by atoms with van der Waals surface area (Å²) >= 11 is 0. The Morgan fingerprint density at radius 1 is 1.44 bits per heavy atom. The summed E-state index contributed by atoms with van der Waals surface area (Å²) in [5.41, 5.74) is 0. The smallest absolute Gasteiger partial charge is 0.160 e. The third-order valence-electron chi connectivity index (χ3n) is 2.24. The molecule has 1 fully saturated rings. The first kappa shape index (κ1) is 12.2. The van der Waals surface area contributed by atoms with E-state index in [1.165, 1.54) is 0 Å². The summed E-state index contributed by atoms with van der Waals surface area (Å²) in [7, 11) is 0. The van der Waals surface area contributed by atoms with Crippen molar-refractivity contribution < 1.29 is 36.4 Å². The van der Waals surface area contributed by atoms with Crippen LogP contribution in [0.3, 0.4) is 0 Å². The fourth-order valence-electron chi connectivity index (χ4n) is 1.30. The van der Waals surface area contributed by atoms with Crippen LogP contribution in [0.25, 0.3) is 0 Å². The summed E-state index contributed by atoms with van der Waals surface area (Å²) < 4.78 is 17.6. The van der Waals surface area contributed by atoms with E-state index in [4.69, 9.17) is 26.2 Å². The molecule has 0 aromatic carbocycles. The standard InChI is InChI=1S/C9H18O7/c10-2-5(12)4-15-8-1-6(13)9(14)7(3-11)16-8/h5-14H,1-4H2/t5?,6-,7-,8-,9-/m1/s1/i1D/t1-,5?,6+,7+,8+,9+/m0. The van der Waals surface area contributed by atoms with E-state index in [1.807, 2.05) is 0 Å². The third-order valence-corrected chi connectivity index (χ3v) is 2.24. The number of rotatable bonds is 5. The van der Waals surface area contributed by atoms with Crippen molar-refractivity contribution in [2.45, 2.75) is 37.1 Å². The summed E-state index contributed by atoms with van der Waals surface area (Å²) in [6, 6.07) is 0. The maximum Gasteiger partial charge on any atom is 0.160 e. The predicted molar refractivity (Wildman–Crippen MR) is 51.4 cm³/mol. The van der Waals surface area contributed by atoms with E-state index in [-0.39, 0.29) is 6.61 Å². The zero-order valence-electron chi connectivity index (χ0n) is 9.64. The fraction of sp³-hybridized carbons (Fsp3) is 1.00. The van der Waals surface area contributed by atoms with Crippen molar-refractivity contribution >= 4 is 0 Å². The number of hydrogen-bond donors (Lipinski definition) is 5. The number of hydrogen-bond acceptors (Lipinski definition) is 7. The molecule has 1 heterocycles. The SMILES string of the molecule is [2H][C@@H]1[C@H](OCC(O)CO)O[C@H](CO)[C@H](O)[C@@H]1O. The highest BCUT2D eigenvalue weighted by Gasteiger charge is 2.36. The Kier molecular flexibility index (Phi) is 4.91. The Morgan fingerprint density at radius 2 is 2.12 bits per heavy atom. The molecule has 1 unspecified atom stereocenters. The van der Waals surface area contributed by atoms with Gasteiger partial charge in [0.25, 0.3) is 0 Å². The van der Waals surface area contributed by atoms with Gasteiger partial charge in [0, 0.05) is 7.77 Å². The molecular formula is C9H18O7. The predicted octanol–water partition coefficient (Wildman–Crippen LogP) is -2.81. The van der Waals surface area contributed by atoms with E-state index in [2.05, 4.69) is 0 Å². The van der Waals surface area contributed by atoms with Crippen molar-refractivity contribution in [1.82, 2.24) is 0 Å². The van der Waals surface area contributed by atoms with Crippen LogP contribution in [0.1, 0.15) is 7.77 Å². The van der Waals surface area contributed by atoms with Gasteiger partial charge < -0.3 is 35.0 Å². The lowest BCUT2D eigenvalue weighted by Crippen LogP contribution is -2.50. The zero-order chi connectivity index (χ0) is 13.0. The normalized spacial score (nSPS) is 42.8. The van der Waals surface area contributed by atoms with Gasteiger partial charge in [-0.05, 0) is 0 Å². The van der Waals surface area contributed by atoms with Gasteiger partial charge in [-0.25, -0.2) is 0 Å². The maximum absolute atomic E-state index is 9.52. The molecular weight excluding hydrogens is 220 g/mol. The molecule has 96 valence electrons. The van der Waals surface area contributed by atoms with Crippen LogP contribution in [0.2, 0.25) is 0 Å². The molecule has 0 radical (unpaired) electrons. The first-order valence-corrected chi connectivity index (χ1v) is 4.96. The molecule has 0 saturated carbocycles. The van der Waals surface area contributed by atoms with Gasteiger partial charge >= 0.3 is 0 Å². The molecule has 6 atom stereocenters. The highest BCUT2D eigenvalue weighted by atomic mass is 16.7. The Balaban J connectivity index is 2.53. The molecule has 5 N–H and O–H groups in total. The van der Waals surface area contributed by atoms with Crippen LogP contribution in [0.5, 0.6) is 0 Å². The van der Waals surface area contributed by atoms with Crippen LogP contribution in [-0.2, 0) is 9.47 Å². The van der Waals surface area contributed by atoms with Gasteiger partial charge in [0.2, 0.25) is 0 Å². The van der Waals surface area contributed by atoms with E-state index >= 15 is 0 Å². The van der Waals surface area contributed by atoms with Crippen molar-refractivity contribution in [2.75, 3.05) is 19.8 Å². The fourth-order valence-corrected chi connectivity index (χ4v) is 1.30. The van der Waals surface area contributed by atoms with Crippen LogP contribution >= 0.6 is 0 Å². The summed E-state index contributed by atoms with van der Waals surface area (Å²) in [4.78, 5) is 0. The number of ether oxygens (including phenoxy) is 2. The Hall–Kier alpha value is -0.280. The Morgan fingerprint density at radius 3 is 2.69 bits per heavy atom. The molecule has 0 spiro atoms. The summed E-state index contributed by atoms with van der Waals surface area (Å²) in [5, 5.41) is 45.5. The second-order valence-corrected chi connectivity index (χ2v) is 3.57. The van der Waals surface area contributed by atoms with Gasteiger partial charge in [0.05, 0.1) is 25.9 Å². The van der Waals surface area contributed by atoms with Gasteiger partial charge in [-0.1, -0.05) is 0 Å². The van der Waals surface area contributed by atoms with E-state index in [0.29, 0.717) is 0 Å². The van der Waals surface area contributed by atoms with E-state index in [0.717, 1.165) is 0 Å². The molecule has 0 amide bonds. The van der Waals surface area contributed by atoms with Crippen molar-refractivity contribution in [3.8, 4) is 0 Å². The zero-order valence-corrected chi connectivity index (χ0v) is 8.64. The number of aliphatic hydroxyl groups excluding tert-OH is 5. The van der Waals surface area contributed by atoms with Crippen molar-refractivity contribution in [2.24, 2.45) is 0 Å². The lowest BCUT2D eigenvalue weighted by Gasteiger charge is -2.36. The first-order chi connectivity index (χ1) is 8.01. The summed E-state index contributed by atoms with van der Waals surface area (Å²) in [6.07, 6.45) is -7.34. The molecule has 0 bridgehead atoms. The topological polar surface area (TPSA) is 120 Å². The van der Waals surface area contributed by atoms with Crippen LogP contribution in [0, 0.1) is 0 Å². The maximum atomic E-state index is 9.52. The average molecular weight is 239 g/mol. The molecule has 0 aromatic rings. The molecule has 0 aromatic heterocycles. The van der Waals surface area contributed by atoms with E-state index in [1.54, 1.807) is 0 Å². The minimum absolute atomic E-state index is 0.266. The average Bonchev–Trinajstić information content (AvgIpc) is 2.34. The van der Waals surface area contributed by atoms with Crippen LogP contribution in [0.15, 0.2) is 0 Å². The molecule has 7 heteroatoms. The van der Waals surface area contributed by atoms with Gasteiger partial charge in [-0.15, -0.1) is 0 Å². The molecule has 7 nitrogen and oxygen atoms in total. The summed E-state index contributed by atoms with van der Waals surface area (Å²) in [5.74, 6) is 0. The quantitative estimate of drug-likeness (QED) is 0.351. The van der Waals surface area contributed by atoms with Crippen LogP contribution in [0.4, 0.5) is 0 Å². The Bertz CT molecular complexity index is 227. The summed E-state index contributed by atoms with van der Waals surface area (Å²) in [6.45, 7) is -1.28. The van der Waals surface area contributed by atoms with Gasteiger partial charge in [0.1, 0.15) is 18.3 Å². The lowest BCUT2D eigenvalue weighted by atomic mass is 10.0. The van der Waals surface area contributed by atoms with Gasteiger partial charge in [-0.3, -0.25) is 0 Å². The number of aliphatic hydroxyl groups is 5. The second-order valence-electron chi connectivity index (χ2n) is 3.57. The van der Waals surface area contributed by atoms with Crippen molar-refractivity contribution in [3.63, 3.8) is 0 Å². The first-order valence-electron chi connectivity index (χ1n) is 5.54. The van der Waals surface area contributed by atoms with E-state index < -0.39 is 50.3 Å². The monoisotopic (exact) mass is 239 g/mol. The molecule has 1 aliphatic heterocycles. The molecule has 0 aliphatic carbocycles. The third kappa shape index (κ3) is 3.63.